The normalized spacial score (nSPS) is 12.5. The monoisotopic (exact) mass is 1190 g/mol. The molecule has 1 aliphatic rings. The van der Waals surface area contributed by atoms with E-state index in [0.717, 1.165) is 100 Å². The van der Waals surface area contributed by atoms with Crippen molar-refractivity contribution >= 4 is 52.4 Å². The van der Waals surface area contributed by atoms with Crippen LogP contribution in [0.5, 0.6) is 23.0 Å². The Morgan fingerprint density at radius 1 is 0.488 bits per heavy atom. The number of benzene rings is 6. The van der Waals surface area contributed by atoms with E-state index >= 15 is 0 Å². The van der Waals surface area contributed by atoms with Crippen molar-refractivity contribution in [3.63, 3.8) is 0 Å². The maximum Gasteiger partial charge on any atom is 0.498 e. The van der Waals surface area contributed by atoms with Crippen LogP contribution in [0.1, 0.15) is 122 Å². The summed E-state index contributed by atoms with van der Waals surface area (Å²) in [4.78, 5) is 37.5. The number of carbonyl (C=O) groups is 2. The van der Waals surface area contributed by atoms with Crippen molar-refractivity contribution in [1.82, 2.24) is 9.44 Å². The topological polar surface area (TPSA) is 202 Å². The molecule has 0 spiro atoms. The van der Waals surface area contributed by atoms with E-state index < -0.39 is 53.9 Å². The SMILES string of the molecule is CCO[Si](O)(CCCCCCCCCCSCCCc1cc2c(OCC(=O)NS(=O)(=O)c3ccccc3)c(c1)Cc1cccc(c1OC)Cc1cccc(c1OCC(=O)NS(=O)(=O)c1ccccc1)Cc1cccc(c1OC)C2)OCC. The van der Waals surface area contributed by atoms with Crippen molar-refractivity contribution in [1.29, 1.82) is 0 Å². The van der Waals surface area contributed by atoms with Crippen molar-refractivity contribution < 1.29 is 59.0 Å². The Hall–Kier alpha value is -6.19. The Labute approximate surface area is 490 Å². The van der Waals surface area contributed by atoms with Crippen molar-refractivity contribution in [2.24, 2.45) is 0 Å². The van der Waals surface area contributed by atoms with E-state index in [4.69, 9.17) is 27.8 Å². The average Bonchev–Trinajstić information content (AvgIpc) is 3.66. The van der Waals surface area contributed by atoms with Crippen LogP contribution >= 0.6 is 11.8 Å². The number of thioether (sulfide) groups is 1. The van der Waals surface area contributed by atoms with Gasteiger partial charge in [-0.15, -0.1) is 0 Å². The zero-order chi connectivity index (χ0) is 58.4. The minimum absolute atomic E-state index is 0.0452. The number of fused-ring (bicyclic) bond motifs is 8. The Morgan fingerprint density at radius 3 is 1.27 bits per heavy atom. The fourth-order valence-corrected chi connectivity index (χ4v) is 15.3. The Balaban J connectivity index is 1.12. The summed E-state index contributed by atoms with van der Waals surface area (Å²) in [6.45, 7) is 3.55. The molecule has 82 heavy (non-hydrogen) atoms. The Morgan fingerprint density at radius 2 is 0.854 bits per heavy atom. The van der Waals surface area contributed by atoms with Gasteiger partial charge in [0.15, 0.2) is 13.2 Å². The van der Waals surface area contributed by atoms with E-state index in [1.54, 1.807) is 50.6 Å². The van der Waals surface area contributed by atoms with E-state index in [1.807, 2.05) is 80.2 Å². The molecule has 0 radical (unpaired) electrons. The summed E-state index contributed by atoms with van der Waals surface area (Å²) < 4.78 is 93.7. The van der Waals surface area contributed by atoms with Crippen LogP contribution in [0.4, 0.5) is 0 Å². The summed E-state index contributed by atoms with van der Waals surface area (Å²) in [7, 11) is -8.14. The van der Waals surface area contributed by atoms with E-state index in [9.17, 15) is 31.2 Å². The third kappa shape index (κ3) is 18.4. The third-order valence-electron chi connectivity index (χ3n) is 14.1. The number of aryl methyl sites for hydroxylation is 1. The van der Waals surface area contributed by atoms with Gasteiger partial charge in [-0.1, -0.05) is 142 Å². The van der Waals surface area contributed by atoms with Crippen LogP contribution in [0.15, 0.2) is 137 Å². The van der Waals surface area contributed by atoms with Crippen molar-refractivity contribution in [3.8, 4) is 23.0 Å². The van der Waals surface area contributed by atoms with Gasteiger partial charge in [-0.25, -0.2) is 26.3 Å². The van der Waals surface area contributed by atoms with E-state index in [-0.39, 0.29) is 9.79 Å². The Bertz CT molecular complexity index is 3170. The lowest BCUT2D eigenvalue weighted by atomic mass is 9.90. The zero-order valence-corrected chi connectivity index (χ0v) is 51.0. The lowest BCUT2D eigenvalue weighted by molar-refractivity contribution is -0.122. The highest BCUT2D eigenvalue weighted by Gasteiger charge is 2.35. The van der Waals surface area contributed by atoms with Crippen LogP contribution in [0.3, 0.4) is 0 Å². The van der Waals surface area contributed by atoms with Crippen LogP contribution in [-0.2, 0) is 70.6 Å². The van der Waals surface area contributed by atoms with E-state index in [2.05, 4.69) is 21.6 Å². The second-order valence-electron chi connectivity index (χ2n) is 20.2. The molecular weight excluding hydrogens is 1120 g/mol. The molecule has 0 atom stereocenters. The molecule has 0 aliphatic heterocycles. The van der Waals surface area contributed by atoms with Crippen molar-refractivity contribution in [2.75, 3.05) is 52.2 Å². The molecular formula is C63H78N2O13S3Si. The maximum absolute atomic E-state index is 13.6. The summed E-state index contributed by atoms with van der Waals surface area (Å²) in [6, 6.07) is 37.7. The number of rotatable bonds is 31. The molecule has 0 saturated heterocycles. The van der Waals surface area contributed by atoms with Crippen LogP contribution < -0.4 is 28.4 Å². The van der Waals surface area contributed by atoms with Crippen molar-refractivity contribution in [3.05, 3.63) is 177 Å². The molecule has 0 aromatic heterocycles. The summed E-state index contributed by atoms with van der Waals surface area (Å²) in [5, 5.41) is 0. The highest BCUT2D eigenvalue weighted by molar-refractivity contribution is 7.99. The van der Waals surface area contributed by atoms with Crippen LogP contribution in [0.25, 0.3) is 0 Å². The molecule has 1 aliphatic carbocycles. The molecule has 0 heterocycles. The van der Waals surface area contributed by atoms with Crippen LogP contribution in [0.2, 0.25) is 6.04 Å². The van der Waals surface area contributed by atoms with Crippen LogP contribution in [0, 0.1) is 0 Å². The number of hydrogen-bond acceptors (Lipinski definition) is 14. The first-order valence-electron chi connectivity index (χ1n) is 28.3. The number of methoxy groups -OCH3 is 2. The van der Waals surface area contributed by atoms with Gasteiger partial charge in [-0.2, -0.15) is 11.8 Å². The first kappa shape index (κ1) is 63.4. The van der Waals surface area contributed by atoms with Gasteiger partial charge >= 0.3 is 8.80 Å². The predicted octanol–water partition coefficient (Wildman–Crippen LogP) is 10.9. The van der Waals surface area contributed by atoms with Gasteiger partial charge in [0.1, 0.15) is 23.0 Å². The second kappa shape index (κ2) is 31.5. The van der Waals surface area contributed by atoms with Gasteiger partial charge < -0.3 is 32.6 Å². The molecule has 2 amide bonds. The summed E-state index contributed by atoms with van der Waals surface area (Å²) in [5.74, 6) is 2.48. The van der Waals surface area contributed by atoms with Crippen molar-refractivity contribution in [2.45, 2.75) is 120 Å². The largest absolute Gasteiger partial charge is 0.498 e. The average molecular weight is 1200 g/mol. The first-order valence-corrected chi connectivity index (χ1v) is 34.3. The quantitative estimate of drug-likeness (QED) is 0.0274. The molecule has 15 nitrogen and oxygen atoms in total. The van der Waals surface area contributed by atoms with Gasteiger partial charge in [-0.05, 0) is 125 Å². The number of sulfonamides is 2. The highest BCUT2D eigenvalue weighted by Crippen LogP contribution is 2.40. The molecule has 0 fully saturated rings. The van der Waals surface area contributed by atoms with Gasteiger partial charge in [-0.3, -0.25) is 9.59 Å². The molecule has 440 valence electrons. The second-order valence-corrected chi connectivity index (χ2v) is 27.3. The molecule has 0 saturated carbocycles. The number of hydrogen-bond donors (Lipinski definition) is 3. The lowest BCUT2D eigenvalue weighted by Gasteiger charge is -2.22. The number of amides is 2. The number of carbonyl (C=O) groups excluding carboxylic acids is 2. The van der Waals surface area contributed by atoms with E-state index in [1.165, 1.54) is 49.9 Å². The number of nitrogens with one attached hydrogen (secondary N) is 2. The lowest BCUT2D eigenvalue weighted by Crippen LogP contribution is -2.42. The third-order valence-corrected chi connectivity index (χ3v) is 20.5. The number of para-hydroxylation sites is 3. The molecule has 6 aromatic rings. The van der Waals surface area contributed by atoms with Crippen LogP contribution in [-0.4, -0.2) is 94.4 Å². The first-order chi connectivity index (χ1) is 39.7. The highest BCUT2D eigenvalue weighted by atomic mass is 32.2. The molecule has 8 bridgehead atoms. The summed E-state index contributed by atoms with van der Waals surface area (Å²) >= 11 is 1.97. The summed E-state index contributed by atoms with van der Waals surface area (Å²) in [6.07, 6.45) is 12.0. The minimum Gasteiger partial charge on any atom is -0.496 e. The van der Waals surface area contributed by atoms with Gasteiger partial charge in [0.05, 0.1) is 24.0 Å². The van der Waals surface area contributed by atoms with Gasteiger partial charge in [0.25, 0.3) is 31.9 Å². The molecule has 7 rings (SSSR count). The molecule has 3 N–H and O–H groups in total. The fraction of sp³-hybridized carbons (Fsp3) is 0.397. The fourth-order valence-electron chi connectivity index (χ4n) is 10.4. The molecule has 0 unspecified atom stereocenters. The molecule has 6 aromatic carbocycles. The predicted molar refractivity (Wildman–Crippen MR) is 323 cm³/mol. The number of unbranched alkanes of at least 4 members (excludes halogenated alkanes) is 7. The minimum atomic E-state index is -4.18. The smallest absolute Gasteiger partial charge is 0.496 e. The maximum atomic E-state index is 13.6. The standard InChI is InChI=1S/C63H78N2O13S3Si/c1-5-77-82(72,78-6-2)38-20-12-10-8-7-9-11-19-36-79-37-24-25-47-39-54-43-50-28-21-26-48(60(50)73-3)41-52-30-23-31-53(62(52)75-45-58(66)64-80(68,69)56-32-15-13-16-33-56)42-49-27-22-29-51(61(49)74-4)44-55(40-47)63(54)76-46-59(67)65-81(70,71)57-34-17-14-18-35-57/h13-18,21-23,26-35,39-40,72H,5-12,19-20,24-25,36-38,41-46H2,1-4H3,(H,64,66)(H,65,67). The summed E-state index contributed by atoms with van der Waals surface area (Å²) in [5.41, 5.74) is 7.37. The molecule has 19 heteroatoms. The zero-order valence-electron chi connectivity index (χ0n) is 47.5. The van der Waals surface area contributed by atoms with E-state index in [0.29, 0.717) is 67.9 Å². The number of ether oxygens (including phenoxy) is 4. The van der Waals surface area contributed by atoms with Gasteiger partial charge in [0, 0.05) is 44.9 Å². The Kier molecular flexibility index (Phi) is 24.3. The van der Waals surface area contributed by atoms with Gasteiger partial charge in [0.2, 0.25) is 0 Å².